The molecule has 0 saturated carbocycles. The van der Waals surface area contributed by atoms with Crippen LogP contribution < -0.4 is 0 Å². The van der Waals surface area contributed by atoms with Gasteiger partial charge >= 0.3 is 5.97 Å². The molecule has 1 N–H and O–H groups in total. The number of allylic oxidation sites excluding steroid dienone is 1. The first-order chi connectivity index (χ1) is 10.9. The summed E-state index contributed by atoms with van der Waals surface area (Å²) in [6, 6.07) is 6.43. The normalized spacial score (nSPS) is 19.4. The Balaban J connectivity index is 0. The van der Waals surface area contributed by atoms with E-state index in [1.807, 2.05) is 11.0 Å². The van der Waals surface area contributed by atoms with Crippen molar-refractivity contribution in [1.29, 1.82) is 0 Å². The Morgan fingerprint density at radius 2 is 1.96 bits per heavy atom. The van der Waals surface area contributed by atoms with Crippen molar-refractivity contribution in [2.24, 2.45) is 0 Å². The van der Waals surface area contributed by atoms with E-state index in [-0.39, 0.29) is 40.2 Å². The fraction of sp³-hybridized carbons (Fsp3) is 0.444. The average molecular weight is 422 g/mol. The van der Waals surface area contributed by atoms with Crippen molar-refractivity contribution in [3.05, 3.63) is 46.5 Å². The Bertz CT molecular complexity index is 639. The van der Waals surface area contributed by atoms with E-state index in [1.165, 1.54) is 20.1 Å². The Morgan fingerprint density at radius 1 is 1.35 bits per heavy atom. The van der Waals surface area contributed by atoms with Crippen molar-refractivity contribution in [1.82, 2.24) is 4.90 Å². The molecule has 1 fully saturated rings. The zero-order valence-electron chi connectivity index (χ0n) is 14.2. The Labute approximate surface area is 174 Å². The van der Waals surface area contributed by atoms with Crippen LogP contribution >= 0.6 is 38.6 Å². The van der Waals surface area contributed by atoms with Crippen LogP contribution in [0, 0.1) is 0 Å². The van der Waals surface area contributed by atoms with E-state index in [0.717, 1.165) is 0 Å². The summed E-state index contributed by atoms with van der Waals surface area (Å²) in [4.78, 5) is 25.5. The van der Waals surface area contributed by atoms with E-state index >= 15 is 0 Å². The lowest BCUT2D eigenvalue weighted by Crippen LogP contribution is -2.43. The molecule has 8 heteroatoms. The number of hydrogen-bond acceptors (Lipinski definition) is 5. The number of carbonyl (C=O) groups excluding carboxylic acids is 2. The molecule has 0 bridgehead atoms. The largest absolute Gasteiger partial charge is 0.468 e. The second kappa shape index (κ2) is 12.4. The predicted octanol–water partition coefficient (Wildman–Crippen LogP) is 3.00. The number of aliphatic hydroxyl groups is 1. The van der Waals surface area contributed by atoms with Gasteiger partial charge in [-0.25, -0.2) is 4.79 Å². The van der Waals surface area contributed by atoms with Crippen molar-refractivity contribution in [2.45, 2.75) is 32.9 Å². The average Bonchev–Trinajstić information content (AvgIpc) is 2.51. The molecule has 1 saturated heterocycles. The summed E-state index contributed by atoms with van der Waals surface area (Å²) in [6.07, 6.45) is 1.20. The van der Waals surface area contributed by atoms with Crippen LogP contribution in [0.5, 0.6) is 0 Å². The molecule has 0 unspecified atom stereocenters. The van der Waals surface area contributed by atoms with Gasteiger partial charge in [0, 0.05) is 18.1 Å². The number of piperidine rings is 1. The number of aliphatic hydroxyl groups excluding tert-OH is 1. The van der Waals surface area contributed by atoms with Crippen molar-refractivity contribution < 1.29 is 19.4 Å². The van der Waals surface area contributed by atoms with Gasteiger partial charge in [0.05, 0.1) is 13.2 Å². The summed E-state index contributed by atoms with van der Waals surface area (Å²) < 4.78 is 4.93. The minimum atomic E-state index is -0.670. The van der Waals surface area contributed by atoms with Crippen LogP contribution in [0.2, 0.25) is 5.02 Å². The van der Waals surface area contributed by atoms with Crippen LogP contribution in [0.25, 0.3) is 0 Å². The number of methoxy groups -OCH3 is 1. The first-order valence-corrected chi connectivity index (χ1v) is 7.77. The number of nitrogens with zero attached hydrogens (tertiary/aromatic N) is 1. The molecule has 1 aliphatic rings. The van der Waals surface area contributed by atoms with Gasteiger partial charge in [-0.15, -0.1) is 0 Å². The van der Waals surface area contributed by atoms with E-state index in [4.69, 9.17) is 16.3 Å². The van der Waals surface area contributed by atoms with Crippen molar-refractivity contribution >= 4 is 50.3 Å². The van der Waals surface area contributed by atoms with Gasteiger partial charge in [0.25, 0.3) is 0 Å². The van der Waals surface area contributed by atoms with Crippen molar-refractivity contribution in [3.63, 3.8) is 0 Å². The topological polar surface area (TPSA) is 66.8 Å². The molecule has 0 aliphatic carbocycles. The highest BCUT2D eigenvalue weighted by atomic mass is 35.5. The Morgan fingerprint density at radius 3 is 2.50 bits per heavy atom. The van der Waals surface area contributed by atoms with Crippen LogP contribution in [0.15, 0.2) is 35.9 Å². The molecule has 26 heavy (non-hydrogen) atoms. The maximum Gasteiger partial charge on any atom is 0.327 e. The number of ether oxygens (including phenoxy) is 1. The van der Waals surface area contributed by atoms with E-state index in [1.54, 1.807) is 18.2 Å². The number of halogens is 1. The van der Waals surface area contributed by atoms with E-state index in [2.05, 4.69) is 0 Å². The highest BCUT2D eigenvalue weighted by Crippen LogP contribution is 2.32. The van der Waals surface area contributed by atoms with Crippen LogP contribution in [0.3, 0.4) is 0 Å². The molecule has 0 aromatic heterocycles. The number of hydrogen-bond donors (Lipinski definition) is 1. The maximum absolute atomic E-state index is 12.3. The third kappa shape index (κ3) is 6.63. The molecule has 5 nitrogen and oxygen atoms in total. The summed E-state index contributed by atoms with van der Waals surface area (Å²) in [5.41, 5.74) is 1.25. The van der Waals surface area contributed by atoms with Crippen LogP contribution in [0.4, 0.5) is 0 Å². The van der Waals surface area contributed by atoms with Gasteiger partial charge in [0.1, 0.15) is 6.04 Å². The number of ketones is 1. The molecule has 1 aromatic carbocycles. The molecule has 148 valence electrons. The van der Waals surface area contributed by atoms with Gasteiger partial charge in [-0.3, -0.25) is 9.69 Å². The molecule has 1 aliphatic heterocycles. The third-order valence-corrected chi connectivity index (χ3v) is 4.23. The molecule has 0 amide bonds. The van der Waals surface area contributed by atoms with Crippen molar-refractivity contribution in [2.75, 3.05) is 20.2 Å². The predicted molar refractivity (Wildman–Crippen MR) is 115 cm³/mol. The van der Waals surface area contributed by atoms with Crippen LogP contribution in [-0.4, -0.2) is 48.1 Å². The highest BCUT2D eigenvalue weighted by Gasteiger charge is 2.34. The van der Waals surface area contributed by atoms with Gasteiger partial charge in [-0.2, -0.15) is 27.0 Å². The summed E-state index contributed by atoms with van der Waals surface area (Å²) in [7, 11) is 1.33. The van der Waals surface area contributed by atoms with E-state index < -0.39 is 18.1 Å². The number of likely N-dealkylation sites (tertiary alicyclic amines) is 1. The van der Waals surface area contributed by atoms with Crippen LogP contribution in [0.1, 0.15) is 32.4 Å². The number of esters is 1. The molecule has 2 atom stereocenters. The van der Waals surface area contributed by atoms with E-state index in [9.17, 15) is 14.7 Å². The SMILES string of the molecule is C.COC(=O)[C@H](c1ccccc1Cl)N1CC[C@H](O)/C(=C/C(C)=O)C1.S.S. The Kier molecular flexibility index (Phi) is 13.0. The smallest absolute Gasteiger partial charge is 0.327 e. The lowest BCUT2D eigenvalue weighted by Gasteiger charge is -2.36. The number of carbonyl (C=O) groups is 2. The van der Waals surface area contributed by atoms with Gasteiger partial charge in [-0.05, 0) is 36.6 Å². The highest BCUT2D eigenvalue weighted by molar-refractivity contribution is 7.59. The monoisotopic (exact) mass is 421 g/mol. The molecule has 2 rings (SSSR count). The number of rotatable bonds is 4. The van der Waals surface area contributed by atoms with Gasteiger partial charge in [0.2, 0.25) is 0 Å². The zero-order chi connectivity index (χ0) is 17.0. The molecule has 1 heterocycles. The lowest BCUT2D eigenvalue weighted by atomic mass is 9.96. The van der Waals surface area contributed by atoms with Crippen LogP contribution in [-0.2, 0) is 14.3 Å². The Hall–Kier alpha value is -0.990. The van der Waals surface area contributed by atoms with E-state index in [0.29, 0.717) is 35.7 Å². The van der Waals surface area contributed by atoms with Gasteiger partial charge < -0.3 is 9.84 Å². The summed E-state index contributed by atoms with van der Waals surface area (Å²) in [5.74, 6) is -0.551. The lowest BCUT2D eigenvalue weighted by molar-refractivity contribution is -0.147. The first kappa shape index (κ1) is 27.2. The maximum atomic E-state index is 12.3. The number of benzene rings is 1. The summed E-state index contributed by atoms with van der Waals surface area (Å²) in [6.45, 7) is 2.25. The van der Waals surface area contributed by atoms with Crippen molar-refractivity contribution in [3.8, 4) is 0 Å². The minimum absolute atomic E-state index is 0. The molecular formula is C18H28ClNO4S2. The van der Waals surface area contributed by atoms with Gasteiger partial charge in [0.15, 0.2) is 5.78 Å². The summed E-state index contributed by atoms with van der Waals surface area (Å²) >= 11 is 6.24. The summed E-state index contributed by atoms with van der Waals surface area (Å²) in [5, 5.41) is 10.5. The third-order valence-electron chi connectivity index (χ3n) is 3.88. The minimum Gasteiger partial charge on any atom is -0.468 e. The molecule has 1 aromatic rings. The second-order valence-corrected chi connectivity index (χ2v) is 5.96. The fourth-order valence-electron chi connectivity index (χ4n) is 2.80. The molecule has 0 radical (unpaired) electrons. The zero-order valence-corrected chi connectivity index (χ0v) is 16.9. The second-order valence-electron chi connectivity index (χ2n) is 5.55. The first-order valence-electron chi connectivity index (χ1n) is 7.39. The standard InChI is InChI=1S/C17H20ClNO4.CH4.2H2S/c1-11(20)9-12-10-19(8-7-15(12)21)16(17(22)23-2)13-5-3-4-6-14(13)18;;;/h3-6,9,15-16,21H,7-8,10H2,1-2H3;1H4;2*1H2/b12-9+;;;/t15-,16-;;;/m0.../s1. The molecular weight excluding hydrogens is 394 g/mol. The quantitative estimate of drug-likeness (QED) is 0.598. The van der Waals surface area contributed by atoms with Gasteiger partial charge in [-0.1, -0.05) is 37.2 Å². The molecule has 0 spiro atoms. The fourth-order valence-corrected chi connectivity index (χ4v) is 3.04.